The van der Waals surface area contributed by atoms with E-state index in [2.05, 4.69) is 21.2 Å². The normalized spacial score (nSPS) is 10.3. The molecule has 0 saturated carbocycles. The fourth-order valence-corrected chi connectivity index (χ4v) is 2.03. The average Bonchev–Trinajstić information content (AvgIpc) is 2.81. The summed E-state index contributed by atoms with van der Waals surface area (Å²) in [6, 6.07) is 9.28. The van der Waals surface area contributed by atoms with E-state index >= 15 is 0 Å². The van der Waals surface area contributed by atoms with Gasteiger partial charge in [-0.25, -0.2) is 0 Å². The van der Waals surface area contributed by atoms with E-state index in [0.717, 1.165) is 15.9 Å². The zero-order valence-corrected chi connectivity index (χ0v) is 12.4. The van der Waals surface area contributed by atoms with Crippen LogP contribution in [0.25, 0.3) is 0 Å². The van der Waals surface area contributed by atoms with Gasteiger partial charge in [0.15, 0.2) is 0 Å². The smallest absolute Gasteiger partial charge is 0.255 e. The van der Waals surface area contributed by atoms with Crippen molar-refractivity contribution in [1.29, 1.82) is 0 Å². The van der Waals surface area contributed by atoms with E-state index in [1.165, 1.54) is 0 Å². The predicted molar refractivity (Wildman–Crippen MR) is 78.2 cm³/mol. The molecule has 1 aromatic carbocycles. The summed E-state index contributed by atoms with van der Waals surface area (Å²) in [5, 5.41) is 3.22. The lowest BCUT2D eigenvalue weighted by Gasteiger charge is -2.14. The van der Waals surface area contributed by atoms with Crippen molar-refractivity contribution in [1.82, 2.24) is 4.90 Å². The van der Waals surface area contributed by atoms with Crippen LogP contribution in [0.1, 0.15) is 16.1 Å². The number of nitrogens with zero attached hydrogens (tertiary/aromatic N) is 1. The van der Waals surface area contributed by atoms with E-state index in [4.69, 9.17) is 4.42 Å². The topological polar surface area (TPSA) is 45.5 Å². The lowest BCUT2D eigenvalue weighted by molar-refractivity contribution is 0.0828. The van der Waals surface area contributed by atoms with Crippen LogP contribution >= 0.6 is 15.9 Å². The van der Waals surface area contributed by atoms with Crippen LogP contribution in [-0.2, 0) is 6.54 Å². The van der Waals surface area contributed by atoms with Crippen molar-refractivity contribution in [2.45, 2.75) is 6.54 Å². The van der Waals surface area contributed by atoms with Gasteiger partial charge in [0.2, 0.25) is 0 Å². The summed E-state index contributed by atoms with van der Waals surface area (Å²) in [5.41, 5.74) is 1.44. The quantitative estimate of drug-likeness (QED) is 0.938. The van der Waals surface area contributed by atoms with Crippen LogP contribution in [0, 0.1) is 0 Å². The molecule has 0 radical (unpaired) electrons. The number of amides is 1. The molecule has 1 heterocycles. The highest BCUT2D eigenvalue weighted by Crippen LogP contribution is 2.21. The third kappa shape index (κ3) is 3.17. The van der Waals surface area contributed by atoms with E-state index in [9.17, 15) is 4.79 Å². The highest BCUT2D eigenvalue weighted by atomic mass is 79.9. The monoisotopic (exact) mass is 322 g/mol. The molecule has 0 unspecified atom stereocenters. The van der Waals surface area contributed by atoms with Gasteiger partial charge in [0.1, 0.15) is 5.76 Å². The molecule has 19 heavy (non-hydrogen) atoms. The number of hydrogen-bond acceptors (Lipinski definition) is 3. The molecule has 0 fully saturated rings. The first-order chi connectivity index (χ1) is 9.09. The lowest BCUT2D eigenvalue weighted by atomic mass is 10.1. The van der Waals surface area contributed by atoms with Crippen LogP contribution < -0.4 is 5.32 Å². The molecule has 0 saturated heterocycles. The molecule has 0 atom stereocenters. The van der Waals surface area contributed by atoms with Crippen LogP contribution in [-0.4, -0.2) is 24.9 Å². The summed E-state index contributed by atoms with van der Waals surface area (Å²) in [6.07, 6.45) is 1.62. The molecule has 0 aliphatic heterocycles. The van der Waals surface area contributed by atoms with Crippen LogP contribution in [0.4, 0.5) is 5.69 Å². The maximum Gasteiger partial charge on any atom is 0.255 e. The van der Waals surface area contributed by atoms with E-state index in [1.54, 1.807) is 25.3 Å². The number of para-hydroxylation sites is 1. The number of rotatable bonds is 4. The maximum absolute atomic E-state index is 12.0. The summed E-state index contributed by atoms with van der Waals surface area (Å²) in [4.78, 5) is 13.6. The molecule has 1 amide bonds. The predicted octanol–water partition coefficient (Wildman–Crippen LogP) is 3.36. The molecular weight excluding hydrogens is 308 g/mol. The van der Waals surface area contributed by atoms with E-state index in [-0.39, 0.29) is 5.91 Å². The van der Waals surface area contributed by atoms with Gasteiger partial charge in [-0.05, 0) is 34.1 Å². The minimum atomic E-state index is -0.0263. The third-order valence-electron chi connectivity index (χ3n) is 2.69. The number of hydrogen-bond donors (Lipinski definition) is 1. The fraction of sp³-hybridized carbons (Fsp3) is 0.214. The Balaban J connectivity index is 2.17. The molecule has 0 aliphatic rings. The molecule has 1 N–H and O–H groups in total. The van der Waals surface area contributed by atoms with Gasteiger partial charge in [-0.1, -0.05) is 12.1 Å². The van der Waals surface area contributed by atoms with Crippen LogP contribution in [0.2, 0.25) is 0 Å². The minimum absolute atomic E-state index is 0.0263. The second-order valence-electron chi connectivity index (χ2n) is 4.29. The average molecular weight is 323 g/mol. The van der Waals surface area contributed by atoms with Crippen molar-refractivity contribution in [2.24, 2.45) is 0 Å². The molecular formula is C14H15BrN2O2. The van der Waals surface area contributed by atoms with Gasteiger partial charge in [-0.15, -0.1) is 0 Å². The Bertz CT molecular complexity index is 578. The van der Waals surface area contributed by atoms with Crippen LogP contribution in [0.3, 0.4) is 0 Å². The molecule has 2 aromatic rings. The van der Waals surface area contributed by atoms with E-state index in [0.29, 0.717) is 12.1 Å². The first-order valence-electron chi connectivity index (χ1n) is 5.86. The molecule has 100 valence electrons. The maximum atomic E-state index is 12.0. The first kappa shape index (κ1) is 13.7. The summed E-state index contributed by atoms with van der Waals surface area (Å²) < 4.78 is 6.24. The zero-order valence-electron chi connectivity index (χ0n) is 10.8. The number of nitrogens with one attached hydrogen (secondary N) is 1. The van der Waals surface area contributed by atoms with Gasteiger partial charge in [-0.3, -0.25) is 4.79 Å². The number of carbonyl (C=O) groups is 1. The van der Waals surface area contributed by atoms with E-state index < -0.39 is 0 Å². The molecule has 5 heteroatoms. The van der Waals surface area contributed by atoms with Crippen LogP contribution in [0.5, 0.6) is 0 Å². The minimum Gasteiger partial charge on any atom is -0.466 e. The van der Waals surface area contributed by atoms with Gasteiger partial charge in [0, 0.05) is 19.8 Å². The Kier molecular flexibility index (Phi) is 4.27. The SMILES string of the molecule is CN(C)C(=O)c1ccccc1NCc1occc1Br. The third-order valence-corrected chi connectivity index (χ3v) is 3.40. The first-order valence-corrected chi connectivity index (χ1v) is 6.65. The Morgan fingerprint density at radius 3 is 2.68 bits per heavy atom. The number of halogens is 1. The lowest BCUT2D eigenvalue weighted by Crippen LogP contribution is -2.22. The van der Waals surface area contributed by atoms with Gasteiger partial charge >= 0.3 is 0 Å². The van der Waals surface area contributed by atoms with E-state index in [1.807, 2.05) is 30.3 Å². The highest BCUT2D eigenvalue weighted by molar-refractivity contribution is 9.10. The number of benzene rings is 1. The van der Waals surface area contributed by atoms with Gasteiger partial charge in [-0.2, -0.15) is 0 Å². The molecule has 0 aliphatic carbocycles. The molecule has 1 aromatic heterocycles. The van der Waals surface area contributed by atoms with Crippen molar-refractivity contribution in [3.63, 3.8) is 0 Å². The van der Waals surface area contributed by atoms with Crippen molar-refractivity contribution in [3.05, 3.63) is 52.4 Å². The summed E-state index contributed by atoms with van der Waals surface area (Å²) in [5.74, 6) is 0.772. The second-order valence-corrected chi connectivity index (χ2v) is 5.14. The van der Waals surface area contributed by atoms with Gasteiger partial charge < -0.3 is 14.6 Å². The van der Waals surface area contributed by atoms with Crippen molar-refractivity contribution < 1.29 is 9.21 Å². The molecule has 2 rings (SSSR count). The largest absolute Gasteiger partial charge is 0.466 e. The Morgan fingerprint density at radius 2 is 2.05 bits per heavy atom. The fourth-order valence-electron chi connectivity index (χ4n) is 1.69. The Labute approximate surface area is 120 Å². The molecule has 4 nitrogen and oxygen atoms in total. The number of furan rings is 1. The summed E-state index contributed by atoms with van der Waals surface area (Å²) >= 11 is 3.40. The number of carbonyl (C=O) groups excluding carboxylic acids is 1. The summed E-state index contributed by atoms with van der Waals surface area (Å²) in [6.45, 7) is 0.519. The highest BCUT2D eigenvalue weighted by Gasteiger charge is 2.13. The number of anilines is 1. The van der Waals surface area contributed by atoms with Crippen molar-refractivity contribution >= 4 is 27.5 Å². The standard InChI is InChI=1S/C14H15BrN2O2/c1-17(2)14(18)10-5-3-4-6-12(10)16-9-13-11(15)7-8-19-13/h3-8,16H,9H2,1-2H3. The second kappa shape index (κ2) is 5.93. The van der Waals surface area contributed by atoms with Crippen molar-refractivity contribution in [2.75, 3.05) is 19.4 Å². The molecule has 0 bridgehead atoms. The Morgan fingerprint density at radius 1 is 1.32 bits per heavy atom. The van der Waals surface area contributed by atoms with Gasteiger partial charge in [0.05, 0.1) is 22.8 Å². The molecule has 0 spiro atoms. The van der Waals surface area contributed by atoms with Gasteiger partial charge in [0.25, 0.3) is 5.91 Å². The Hall–Kier alpha value is -1.75. The van der Waals surface area contributed by atoms with Crippen LogP contribution in [0.15, 0.2) is 45.5 Å². The zero-order chi connectivity index (χ0) is 13.8. The van der Waals surface area contributed by atoms with Crippen molar-refractivity contribution in [3.8, 4) is 0 Å². The summed E-state index contributed by atoms with van der Waals surface area (Å²) in [7, 11) is 3.48.